The van der Waals surface area contributed by atoms with Gasteiger partial charge in [-0.15, -0.1) is 12.4 Å². The molecule has 1 aliphatic rings. The lowest BCUT2D eigenvalue weighted by Crippen LogP contribution is -2.50. The summed E-state index contributed by atoms with van der Waals surface area (Å²) >= 11 is 0. The lowest BCUT2D eigenvalue weighted by atomic mass is 10.1. The van der Waals surface area contributed by atoms with Crippen LogP contribution in [0.1, 0.15) is 29.8 Å². The highest BCUT2D eigenvalue weighted by atomic mass is 35.5. The molecule has 0 saturated carbocycles. The van der Waals surface area contributed by atoms with Gasteiger partial charge >= 0.3 is 5.97 Å². The third kappa shape index (κ3) is 3.26. The minimum absolute atomic E-state index is 0. The summed E-state index contributed by atoms with van der Waals surface area (Å²) < 4.78 is 30.6. The van der Waals surface area contributed by atoms with E-state index in [4.69, 9.17) is 5.11 Å². The summed E-state index contributed by atoms with van der Waals surface area (Å²) in [4.78, 5) is 25.2. The maximum Gasteiger partial charge on any atom is 0.341 e. The lowest BCUT2D eigenvalue weighted by Gasteiger charge is -2.34. The van der Waals surface area contributed by atoms with Gasteiger partial charge in [0.25, 0.3) is 5.56 Å². The molecule has 0 radical (unpaired) electrons. The van der Waals surface area contributed by atoms with E-state index in [-0.39, 0.29) is 29.7 Å². The van der Waals surface area contributed by atoms with Crippen LogP contribution < -0.4 is 15.8 Å². The van der Waals surface area contributed by atoms with Crippen molar-refractivity contribution in [3.63, 3.8) is 0 Å². The van der Waals surface area contributed by atoms with Crippen molar-refractivity contribution in [2.75, 3.05) is 24.5 Å². The van der Waals surface area contributed by atoms with Crippen molar-refractivity contribution in [3.8, 4) is 0 Å². The number of nitrogens with one attached hydrogen (secondary N) is 1. The molecule has 0 spiro atoms. The summed E-state index contributed by atoms with van der Waals surface area (Å²) in [6, 6.07) is 1.25. The first-order valence-electron chi connectivity index (χ1n) is 8.13. The van der Waals surface area contributed by atoms with E-state index in [0.717, 1.165) is 10.6 Å². The lowest BCUT2D eigenvalue weighted by molar-refractivity contribution is 0.0694. The standard InChI is InChI=1S/C17H19F2N3O3.ClH/c1-3-10-6-11(17(24)25)16(23)22-8-12(18)15(13(19)14(10)22)21-5-4-20-9(2)7-21;/h6,8-9,20H,3-5,7H2,1-2H3,(H,24,25);1H. The maximum absolute atomic E-state index is 15.2. The molecule has 6 nitrogen and oxygen atoms in total. The van der Waals surface area contributed by atoms with Crippen LogP contribution in [0.2, 0.25) is 0 Å². The second-order valence-electron chi connectivity index (χ2n) is 6.21. The summed E-state index contributed by atoms with van der Waals surface area (Å²) in [6.45, 7) is 5.11. The van der Waals surface area contributed by atoms with Crippen LogP contribution in [0, 0.1) is 11.6 Å². The number of hydrogen-bond acceptors (Lipinski definition) is 4. The monoisotopic (exact) mass is 387 g/mol. The SMILES string of the molecule is CCc1cc(C(=O)O)c(=O)n2cc(F)c(N3CCNC(C)C3)c(F)c12.Cl. The van der Waals surface area contributed by atoms with Gasteiger partial charge in [-0.2, -0.15) is 0 Å². The molecule has 1 saturated heterocycles. The van der Waals surface area contributed by atoms with Gasteiger partial charge in [0.2, 0.25) is 0 Å². The van der Waals surface area contributed by atoms with E-state index in [0.29, 0.717) is 31.6 Å². The summed E-state index contributed by atoms with van der Waals surface area (Å²) in [5, 5.41) is 12.4. The van der Waals surface area contributed by atoms with Crippen LogP contribution in [0.15, 0.2) is 17.1 Å². The number of nitrogens with zero attached hydrogens (tertiary/aromatic N) is 2. The smallest absolute Gasteiger partial charge is 0.341 e. The minimum atomic E-state index is -1.42. The van der Waals surface area contributed by atoms with Gasteiger partial charge in [-0.25, -0.2) is 13.6 Å². The van der Waals surface area contributed by atoms with E-state index < -0.39 is 28.7 Å². The molecule has 1 atom stereocenters. The molecule has 3 rings (SSSR count). The molecule has 0 bridgehead atoms. The predicted octanol–water partition coefficient (Wildman–Crippen LogP) is 2.06. The third-order valence-corrected chi connectivity index (χ3v) is 4.49. The fourth-order valence-corrected chi connectivity index (χ4v) is 3.30. The Bertz CT molecular complexity index is 916. The number of carboxylic acid groups (broad SMARTS) is 1. The van der Waals surface area contributed by atoms with Crippen LogP contribution in [0.3, 0.4) is 0 Å². The Morgan fingerprint density at radius 3 is 2.69 bits per heavy atom. The zero-order chi connectivity index (χ0) is 18.3. The second-order valence-corrected chi connectivity index (χ2v) is 6.21. The first-order valence-corrected chi connectivity index (χ1v) is 8.13. The third-order valence-electron chi connectivity index (χ3n) is 4.49. The summed E-state index contributed by atoms with van der Waals surface area (Å²) in [7, 11) is 0. The van der Waals surface area contributed by atoms with E-state index in [1.54, 1.807) is 11.8 Å². The van der Waals surface area contributed by atoms with Crippen molar-refractivity contribution >= 4 is 29.6 Å². The van der Waals surface area contributed by atoms with E-state index in [9.17, 15) is 14.0 Å². The molecule has 1 aliphatic heterocycles. The number of aromatic nitrogens is 1. The molecule has 0 aromatic carbocycles. The number of halogens is 3. The number of carboxylic acids is 1. The topological polar surface area (TPSA) is 74.0 Å². The quantitative estimate of drug-likeness (QED) is 0.843. The Morgan fingerprint density at radius 1 is 1.42 bits per heavy atom. The van der Waals surface area contributed by atoms with Gasteiger partial charge in [-0.1, -0.05) is 6.92 Å². The maximum atomic E-state index is 15.2. The number of piperazine rings is 1. The van der Waals surface area contributed by atoms with Gasteiger partial charge in [0.05, 0.1) is 11.7 Å². The number of pyridine rings is 2. The number of fused-ring (bicyclic) bond motifs is 1. The zero-order valence-corrected chi connectivity index (χ0v) is 15.2. The normalized spacial score (nSPS) is 17.2. The molecule has 1 unspecified atom stereocenters. The molecule has 1 fully saturated rings. The number of hydrogen-bond donors (Lipinski definition) is 2. The van der Waals surface area contributed by atoms with Crippen molar-refractivity contribution in [1.29, 1.82) is 0 Å². The van der Waals surface area contributed by atoms with Crippen molar-refractivity contribution in [2.24, 2.45) is 0 Å². The van der Waals surface area contributed by atoms with Crippen molar-refractivity contribution < 1.29 is 18.7 Å². The molecule has 0 amide bonds. The fraction of sp³-hybridized carbons (Fsp3) is 0.412. The van der Waals surface area contributed by atoms with E-state index in [2.05, 4.69) is 5.32 Å². The van der Waals surface area contributed by atoms with E-state index in [1.807, 2.05) is 6.92 Å². The van der Waals surface area contributed by atoms with Crippen LogP contribution in [0.4, 0.5) is 14.5 Å². The van der Waals surface area contributed by atoms with Crippen molar-refractivity contribution in [3.05, 3.63) is 45.4 Å². The van der Waals surface area contributed by atoms with Crippen molar-refractivity contribution in [1.82, 2.24) is 9.72 Å². The molecule has 9 heteroatoms. The summed E-state index contributed by atoms with van der Waals surface area (Å²) in [5.41, 5.74) is -1.35. The molecule has 3 heterocycles. The number of aryl methyl sites for hydroxylation is 1. The highest BCUT2D eigenvalue weighted by Crippen LogP contribution is 2.29. The van der Waals surface area contributed by atoms with Crippen LogP contribution in [-0.2, 0) is 6.42 Å². The number of carbonyl (C=O) groups is 1. The van der Waals surface area contributed by atoms with Gasteiger partial charge in [0.1, 0.15) is 11.3 Å². The molecule has 2 aromatic heterocycles. The average Bonchev–Trinajstić information content (AvgIpc) is 2.55. The number of rotatable bonds is 3. The fourth-order valence-electron chi connectivity index (χ4n) is 3.30. The zero-order valence-electron chi connectivity index (χ0n) is 14.4. The Kier molecular flexibility index (Phi) is 5.87. The molecule has 142 valence electrons. The minimum Gasteiger partial charge on any atom is -0.477 e. The molecule has 0 aliphatic carbocycles. The van der Waals surface area contributed by atoms with Gasteiger partial charge in [-0.3, -0.25) is 9.20 Å². The molecular formula is C17H20ClF2N3O3. The van der Waals surface area contributed by atoms with E-state index >= 15 is 4.39 Å². The Hall–Kier alpha value is -2.19. The van der Waals surface area contributed by atoms with Crippen LogP contribution in [-0.4, -0.2) is 41.2 Å². The average molecular weight is 388 g/mol. The molecule has 2 N–H and O–H groups in total. The van der Waals surface area contributed by atoms with Gasteiger partial charge in [0, 0.05) is 25.7 Å². The molecule has 26 heavy (non-hydrogen) atoms. The number of aromatic carboxylic acids is 1. The Labute approximate surface area is 154 Å². The number of anilines is 1. The highest BCUT2D eigenvalue weighted by molar-refractivity contribution is 5.88. The Morgan fingerprint density at radius 2 is 2.12 bits per heavy atom. The van der Waals surface area contributed by atoms with Crippen molar-refractivity contribution in [2.45, 2.75) is 26.3 Å². The Balaban J connectivity index is 0.00000243. The molecular weight excluding hydrogens is 368 g/mol. The second kappa shape index (κ2) is 7.59. The van der Waals surface area contributed by atoms with Gasteiger partial charge < -0.3 is 15.3 Å². The summed E-state index contributed by atoms with van der Waals surface area (Å²) in [5.74, 6) is -3.14. The van der Waals surface area contributed by atoms with E-state index in [1.165, 1.54) is 6.07 Å². The highest BCUT2D eigenvalue weighted by Gasteiger charge is 2.26. The summed E-state index contributed by atoms with van der Waals surface area (Å²) in [6.07, 6.45) is 1.19. The van der Waals surface area contributed by atoms with Gasteiger partial charge in [0.15, 0.2) is 11.6 Å². The van der Waals surface area contributed by atoms with Crippen LogP contribution >= 0.6 is 12.4 Å². The van der Waals surface area contributed by atoms with Crippen LogP contribution in [0.5, 0.6) is 0 Å². The first-order chi connectivity index (χ1) is 11.8. The largest absolute Gasteiger partial charge is 0.477 e. The molecule has 2 aromatic rings. The first kappa shape index (κ1) is 20.1. The predicted molar refractivity (Wildman–Crippen MR) is 96.8 cm³/mol. The van der Waals surface area contributed by atoms with Gasteiger partial charge in [-0.05, 0) is 25.0 Å². The van der Waals surface area contributed by atoms with Crippen LogP contribution in [0.25, 0.3) is 5.52 Å².